The van der Waals surface area contributed by atoms with Gasteiger partial charge in [0.15, 0.2) is 0 Å². The van der Waals surface area contributed by atoms with E-state index in [0.717, 1.165) is 0 Å². The summed E-state index contributed by atoms with van der Waals surface area (Å²) in [6.07, 6.45) is 0. The van der Waals surface area contributed by atoms with Crippen LogP contribution in [0, 0.1) is 0 Å². The molecule has 0 atom stereocenters. The summed E-state index contributed by atoms with van der Waals surface area (Å²) in [5.41, 5.74) is 5.05. The first kappa shape index (κ1) is 25.4. The van der Waals surface area contributed by atoms with Crippen molar-refractivity contribution in [1.29, 1.82) is 0 Å². The number of fused-ring (bicyclic) bond motifs is 11. The number of rotatable bonds is 2. The molecule has 10 aromatic carbocycles. The first-order chi connectivity index (χ1) is 22.8. The van der Waals surface area contributed by atoms with Crippen LogP contribution in [0.15, 0.2) is 170 Å². The third-order valence-corrected chi connectivity index (χ3v) is 9.97. The van der Waals surface area contributed by atoms with E-state index >= 15 is 0 Å². The van der Waals surface area contributed by atoms with Gasteiger partial charge in [-0.2, -0.15) is 0 Å². The van der Waals surface area contributed by atoms with Crippen molar-refractivity contribution in [2.24, 2.45) is 0 Å². The van der Waals surface area contributed by atoms with Crippen LogP contribution in [0.25, 0.3) is 97.7 Å². The van der Waals surface area contributed by atoms with Crippen LogP contribution in [0.3, 0.4) is 0 Å². The van der Waals surface area contributed by atoms with E-state index in [1.807, 2.05) is 0 Å². The van der Waals surface area contributed by atoms with Gasteiger partial charge in [0.25, 0.3) is 0 Å². The highest BCUT2D eigenvalue weighted by Gasteiger charge is 2.15. The summed E-state index contributed by atoms with van der Waals surface area (Å²) in [6, 6.07) is 62.9. The van der Waals surface area contributed by atoms with Gasteiger partial charge in [-0.3, -0.25) is 0 Å². The Morgan fingerprint density at radius 1 is 0.217 bits per heavy atom. The lowest BCUT2D eigenvalue weighted by molar-refractivity contribution is 1.69. The molecule has 0 radical (unpaired) electrons. The Balaban J connectivity index is 1.18. The molecular weight excluding hydrogens is 553 g/mol. The van der Waals surface area contributed by atoms with E-state index in [4.69, 9.17) is 0 Å². The fraction of sp³-hybridized carbons (Fsp3) is 0. The summed E-state index contributed by atoms with van der Waals surface area (Å²) in [5.74, 6) is 0. The second kappa shape index (κ2) is 9.76. The lowest BCUT2D eigenvalue weighted by Gasteiger charge is -2.16. The van der Waals surface area contributed by atoms with Crippen LogP contribution >= 0.6 is 0 Å². The van der Waals surface area contributed by atoms with Crippen molar-refractivity contribution in [1.82, 2.24) is 0 Å². The van der Waals surface area contributed by atoms with Gasteiger partial charge in [0.05, 0.1) is 0 Å². The molecule has 0 unspecified atom stereocenters. The zero-order valence-electron chi connectivity index (χ0n) is 25.2. The monoisotopic (exact) mass is 580 g/mol. The first-order valence-corrected chi connectivity index (χ1v) is 16.0. The number of hydrogen-bond acceptors (Lipinski definition) is 0. The van der Waals surface area contributed by atoms with Crippen LogP contribution in [-0.2, 0) is 0 Å². The minimum absolute atomic E-state index is 1.24. The molecule has 0 spiro atoms. The van der Waals surface area contributed by atoms with Gasteiger partial charge in [-0.25, -0.2) is 0 Å². The summed E-state index contributed by atoms with van der Waals surface area (Å²) >= 11 is 0. The van der Waals surface area contributed by atoms with Crippen molar-refractivity contribution in [3.63, 3.8) is 0 Å². The summed E-state index contributed by atoms with van der Waals surface area (Å²) in [5, 5.41) is 18.0. The van der Waals surface area contributed by atoms with E-state index in [9.17, 15) is 0 Å². The maximum Gasteiger partial charge on any atom is -0.00264 e. The van der Waals surface area contributed by atoms with E-state index in [1.165, 1.54) is 97.7 Å². The van der Waals surface area contributed by atoms with Crippen LogP contribution in [-0.4, -0.2) is 0 Å². The second-order valence-corrected chi connectivity index (χ2v) is 12.5. The standard InChI is InChI=1S/C46H28/c1-3-11-36-29(9-1)17-18-33-25-30(21-23-38(33)36)31-22-24-39-34(26-31)19-20-35-28-45(42-15-7-8-16-43(42)46(35)39)44-27-32-10-2-4-12-37(32)40-13-5-6-14-41(40)44/h1-28H. The summed E-state index contributed by atoms with van der Waals surface area (Å²) in [7, 11) is 0. The van der Waals surface area contributed by atoms with E-state index in [0.29, 0.717) is 0 Å². The van der Waals surface area contributed by atoms with Crippen LogP contribution in [0.4, 0.5) is 0 Å². The molecule has 0 heterocycles. The molecule has 212 valence electrons. The fourth-order valence-corrected chi connectivity index (χ4v) is 7.81. The quantitative estimate of drug-likeness (QED) is 0.178. The molecule has 0 aliphatic heterocycles. The smallest absolute Gasteiger partial charge is 0.00264 e. The Kier molecular flexibility index (Phi) is 5.38. The molecule has 0 amide bonds. The Hall–Kier alpha value is -5.98. The van der Waals surface area contributed by atoms with Crippen molar-refractivity contribution < 1.29 is 0 Å². The van der Waals surface area contributed by atoms with Crippen LogP contribution < -0.4 is 0 Å². The highest BCUT2D eigenvalue weighted by molar-refractivity contribution is 6.25. The molecule has 0 N–H and O–H groups in total. The molecule has 0 heteroatoms. The van der Waals surface area contributed by atoms with E-state index in [2.05, 4.69) is 170 Å². The van der Waals surface area contributed by atoms with Gasteiger partial charge in [-0.15, -0.1) is 0 Å². The molecule has 0 fully saturated rings. The van der Waals surface area contributed by atoms with Gasteiger partial charge in [0.1, 0.15) is 0 Å². The van der Waals surface area contributed by atoms with Gasteiger partial charge in [0.2, 0.25) is 0 Å². The van der Waals surface area contributed by atoms with Gasteiger partial charge in [-0.05, 0) is 122 Å². The zero-order chi connectivity index (χ0) is 30.2. The van der Waals surface area contributed by atoms with Crippen LogP contribution in [0.2, 0.25) is 0 Å². The molecule has 0 bridgehead atoms. The molecule has 10 aromatic rings. The van der Waals surface area contributed by atoms with E-state index in [-0.39, 0.29) is 0 Å². The molecule has 0 aromatic heterocycles. The normalized spacial score (nSPS) is 11.9. The molecule has 46 heavy (non-hydrogen) atoms. The van der Waals surface area contributed by atoms with Crippen LogP contribution in [0.5, 0.6) is 0 Å². The van der Waals surface area contributed by atoms with Crippen LogP contribution in [0.1, 0.15) is 0 Å². The molecule has 0 nitrogen and oxygen atoms in total. The zero-order valence-corrected chi connectivity index (χ0v) is 25.2. The van der Waals surface area contributed by atoms with Gasteiger partial charge < -0.3 is 0 Å². The Morgan fingerprint density at radius 3 is 1.35 bits per heavy atom. The van der Waals surface area contributed by atoms with Crippen molar-refractivity contribution in [3.05, 3.63) is 170 Å². The number of hydrogen-bond donors (Lipinski definition) is 0. The molecular formula is C46H28. The molecule has 0 saturated heterocycles. The third-order valence-electron chi connectivity index (χ3n) is 9.97. The Bertz CT molecular complexity index is 2850. The maximum absolute atomic E-state index is 2.41. The molecule has 0 saturated carbocycles. The van der Waals surface area contributed by atoms with Crippen molar-refractivity contribution >= 4 is 75.4 Å². The average Bonchev–Trinajstić information content (AvgIpc) is 3.13. The lowest BCUT2D eigenvalue weighted by Crippen LogP contribution is -1.89. The predicted molar refractivity (Wildman–Crippen MR) is 200 cm³/mol. The topological polar surface area (TPSA) is 0 Å². The Morgan fingerprint density at radius 2 is 0.630 bits per heavy atom. The third kappa shape index (κ3) is 3.74. The SMILES string of the molecule is c1ccc2c(c1)ccc1cc(-c3ccc4c(ccc5cc(-c6cc7ccccc7c7ccccc67)c6ccccc6c54)c3)ccc12. The van der Waals surface area contributed by atoms with Crippen molar-refractivity contribution in [2.75, 3.05) is 0 Å². The van der Waals surface area contributed by atoms with E-state index < -0.39 is 0 Å². The first-order valence-electron chi connectivity index (χ1n) is 16.0. The number of benzene rings is 10. The molecule has 0 aliphatic carbocycles. The van der Waals surface area contributed by atoms with Gasteiger partial charge >= 0.3 is 0 Å². The lowest BCUT2D eigenvalue weighted by atomic mass is 9.87. The predicted octanol–water partition coefficient (Wildman–Crippen LogP) is 13.1. The van der Waals surface area contributed by atoms with Gasteiger partial charge in [0, 0.05) is 0 Å². The molecule has 10 rings (SSSR count). The van der Waals surface area contributed by atoms with Crippen molar-refractivity contribution in [2.45, 2.75) is 0 Å². The summed E-state index contributed by atoms with van der Waals surface area (Å²) in [6.45, 7) is 0. The van der Waals surface area contributed by atoms with Crippen molar-refractivity contribution in [3.8, 4) is 22.3 Å². The largest absolute Gasteiger partial charge is 0.0616 e. The summed E-state index contributed by atoms with van der Waals surface area (Å²) in [4.78, 5) is 0. The molecule has 0 aliphatic rings. The summed E-state index contributed by atoms with van der Waals surface area (Å²) < 4.78 is 0. The second-order valence-electron chi connectivity index (χ2n) is 12.5. The van der Waals surface area contributed by atoms with Gasteiger partial charge in [-0.1, -0.05) is 146 Å². The maximum atomic E-state index is 2.41. The minimum atomic E-state index is 1.24. The Labute approximate surface area is 266 Å². The average molecular weight is 581 g/mol. The fourth-order valence-electron chi connectivity index (χ4n) is 7.81. The van der Waals surface area contributed by atoms with E-state index in [1.54, 1.807) is 0 Å². The highest BCUT2D eigenvalue weighted by Crippen LogP contribution is 2.43. The minimum Gasteiger partial charge on any atom is -0.0616 e. The highest BCUT2D eigenvalue weighted by atomic mass is 14.2.